The van der Waals surface area contributed by atoms with E-state index < -0.39 is 11.5 Å². The fraction of sp³-hybridized carbons (Fsp3) is 0.933. The molecule has 0 aromatic rings. The van der Waals surface area contributed by atoms with E-state index in [1.165, 1.54) is 19.3 Å². The summed E-state index contributed by atoms with van der Waals surface area (Å²) in [5, 5.41) is 12.5. The number of nitrogens with one attached hydrogen (secondary N) is 1. The standard InChI is InChI=1S/C15H28N2O2/c1-11(2)7-9-17(12-4-5-12)13-6-8-15(10-13,16-3)14(18)19/h11-13,16H,4-10H2,1-3H3,(H,18,19). The van der Waals surface area contributed by atoms with Crippen molar-refractivity contribution in [3.63, 3.8) is 0 Å². The molecule has 2 fully saturated rings. The highest BCUT2D eigenvalue weighted by Crippen LogP contribution is 2.38. The van der Waals surface area contributed by atoms with Crippen LogP contribution in [0.4, 0.5) is 0 Å². The molecular formula is C15H28N2O2. The van der Waals surface area contributed by atoms with Crippen LogP contribution in [0.1, 0.15) is 52.4 Å². The summed E-state index contributed by atoms with van der Waals surface area (Å²) in [6.07, 6.45) is 6.35. The summed E-state index contributed by atoms with van der Waals surface area (Å²) in [5.41, 5.74) is -0.685. The van der Waals surface area contributed by atoms with E-state index in [0.717, 1.165) is 37.8 Å². The topological polar surface area (TPSA) is 52.6 Å². The summed E-state index contributed by atoms with van der Waals surface area (Å²) < 4.78 is 0. The molecule has 2 atom stereocenters. The lowest BCUT2D eigenvalue weighted by Crippen LogP contribution is -2.50. The van der Waals surface area contributed by atoms with Gasteiger partial charge in [0.25, 0.3) is 0 Å². The Labute approximate surface area is 116 Å². The maximum atomic E-state index is 11.5. The van der Waals surface area contributed by atoms with Crippen LogP contribution in [0, 0.1) is 5.92 Å². The van der Waals surface area contributed by atoms with Crippen molar-refractivity contribution in [2.45, 2.75) is 70.0 Å². The van der Waals surface area contributed by atoms with Crippen LogP contribution >= 0.6 is 0 Å². The zero-order valence-electron chi connectivity index (χ0n) is 12.5. The van der Waals surface area contributed by atoms with Gasteiger partial charge in [0.15, 0.2) is 0 Å². The van der Waals surface area contributed by atoms with Crippen molar-refractivity contribution >= 4 is 5.97 Å². The van der Waals surface area contributed by atoms with Crippen LogP contribution in [0.3, 0.4) is 0 Å². The van der Waals surface area contributed by atoms with Crippen molar-refractivity contribution in [2.75, 3.05) is 13.6 Å². The summed E-state index contributed by atoms with van der Waals surface area (Å²) in [5.74, 6) is 0.0355. The third kappa shape index (κ3) is 3.29. The van der Waals surface area contributed by atoms with Crippen molar-refractivity contribution < 1.29 is 9.90 Å². The Morgan fingerprint density at radius 1 is 1.37 bits per heavy atom. The molecule has 110 valence electrons. The van der Waals surface area contributed by atoms with Crippen LogP contribution in [-0.2, 0) is 4.79 Å². The zero-order chi connectivity index (χ0) is 14.0. The number of likely N-dealkylation sites (N-methyl/N-ethyl adjacent to an activating group) is 1. The fourth-order valence-corrected chi connectivity index (χ4v) is 3.31. The average molecular weight is 268 g/mol. The van der Waals surface area contributed by atoms with Gasteiger partial charge >= 0.3 is 5.97 Å². The van der Waals surface area contributed by atoms with Crippen LogP contribution in [0.15, 0.2) is 0 Å². The average Bonchev–Trinajstić information content (AvgIpc) is 3.08. The second-order valence-electron chi connectivity index (χ2n) is 6.69. The Bertz CT molecular complexity index is 328. The molecular weight excluding hydrogens is 240 g/mol. The first-order valence-corrected chi connectivity index (χ1v) is 7.66. The molecule has 0 spiro atoms. The first-order chi connectivity index (χ1) is 8.98. The van der Waals surface area contributed by atoms with Crippen molar-refractivity contribution in [1.82, 2.24) is 10.2 Å². The maximum absolute atomic E-state index is 11.5. The van der Waals surface area contributed by atoms with Gasteiger partial charge < -0.3 is 10.4 Å². The van der Waals surface area contributed by atoms with Crippen molar-refractivity contribution in [3.8, 4) is 0 Å². The molecule has 0 aliphatic heterocycles. The number of nitrogens with zero attached hydrogens (tertiary/aromatic N) is 1. The van der Waals surface area contributed by atoms with Gasteiger partial charge in [0.05, 0.1) is 0 Å². The number of hydrogen-bond donors (Lipinski definition) is 2. The molecule has 4 heteroatoms. The van der Waals surface area contributed by atoms with Crippen molar-refractivity contribution in [1.29, 1.82) is 0 Å². The molecule has 0 amide bonds. The Hall–Kier alpha value is -0.610. The summed E-state index contributed by atoms with van der Waals surface area (Å²) >= 11 is 0. The fourth-order valence-electron chi connectivity index (χ4n) is 3.31. The molecule has 0 aromatic carbocycles. The van der Waals surface area contributed by atoms with E-state index >= 15 is 0 Å². The monoisotopic (exact) mass is 268 g/mol. The Kier molecular flexibility index (Phi) is 4.51. The molecule has 0 heterocycles. The van der Waals surface area contributed by atoms with Crippen molar-refractivity contribution in [3.05, 3.63) is 0 Å². The van der Waals surface area contributed by atoms with E-state index in [4.69, 9.17) is 0 Å². The molecule has 0 bridgehead atoms. The number of carboxylic acids is 1. The first kappa shape index (κ1) is 14.8. The van der Waals surface area contributed by atoms with Gasteiger partial charge in [0.1, 0.15) is 5.54 Å². The molecule has 2 aliphatic carbocycles. The van der Waals surface area contributed by atoms with E-state index in [9.17, 15) is 9.90 Å². The Morgan fingerprint density at radius 3 is 2.47 bits per heavy atom. The molecule has 0 aromatic heterocycles. The normalized spacial score (nSPS) is 31.3. The smallest absolute Gasteiger partial charge is 0.323 e. The van der Waals surface area contributed by atoms with Gasteiger partial charge in [0.2, 0.25) is 0 Å². The minimum absolute atomic E-state index is 0.454. The molecule has 0 saturated heterocycles. The van der Waals surface area contributed by atoms with E-state index in [-0.39, 0.29) is 0 Å². The Balaban J connectivity index is 1.98. The van der Waals surface area contributed by atoms with Gasteiger partial charge in [-0.1, -0.05) is 13.8 Å². The van der Waals surface area contributed by atoms with Crippen LogP contribution in [0.2, 0.25) is 0 Å². The number of carbonyl (C=O) groups is 1. The molecule has 2 aliphatic rings. The summed E-state index contributed by atoms with van der Waals surface area (Å²) in [6.45, 7) is 5.65. The lowest BCUT2D eigenvalue weighted by molar-refractivity contribution is -0.144. The van der Waals surface area contributed by atoms with Gasteiger partial charge in [-0.2, -0.15) is 0 Å². The highest BCUT2D eigenvalue weighted by atomic mass is 16.4. The minimum atomic E-state index is -0.685. The quantitative estimate of drug-likeness (QED) is 0.742. The van der Waals surface area contributed by atoms with Gasteiger partial charge in [-0.05, 0) is 58.0 Å². The molecule has 19 heavy (non-hydrogen) atoms. The molecule has 2 saturated carbocycles. The lowest BCUT2D eigenvalue weighted by atomic mass is 9.97. The van der Waals surface area contributed by atoms with E-state index in [0.29, 0.717) is 6.04 Å². The number of hydrogen-bond acceptors (Lipinski definition) is 3. The summed E-state index contributed by atoms with van der Waals surface area (Å²) in [4.78, 5) is 14.1. The highest BCUT2D eigenvalue weighted by molar-refractivity contribution is 5.79. The van der Waals surface area contributed by atoms with Crippen molar-refractivity contribution in [2.24, 2.45) is 5.92 Å². The maximum Gasteiger partial charge on any atom is 0.323 e. The largest absolute Gasteiger partial charge is 0.480 e. The second kappa shape index (κ2) is 5.80. The predicted octanol–water partition coefficient (Wildman–Crippen LogP) is 2.09. The highest BCUT2D eigenvalue weighted by Gasteiger charge is 2.48. The molecule has 2 rings (SSSR count). The molecule has 0 radical (unpaired) electrons. The summed E-state index contributed by atoms with van der Waals surface area (Å²) in [7, 11) is 1.78. The van der Waals surface area contributed by atoms with Crippen LogP contribution < -0.4 is 5.32 Å². The van der Waals surface area contributed by atoms with Crippen LogP contribution in [-0.4, -0.2) is 47.2 Å². The van der Waals surface area contributed by atoms with Gasteiger partial charge in [0, 0.05) is 12.1 Å². The third-order valence-electron chi connectivity index (χ3n) is 4.83. The molecule has 2 unspecified atom stereocenters. The Morgan fingerprint density at radius 2 is 2.05 bits per heavy atom. The van der Waals surface area contributed by atoms with Crippen LogP contribution in [0.25, 0.3) is 0 Å². The van der Waals surface area contributed by atoms with Gasteiger partial charge in [-0.15, -0.1) is 0 Å². The number of carboxylic acid groups (broad SMARTS) is 1. The lowest BCUT2D eigenvalue weighted by Gasteiger charge is -2.31. The summed E-state index contributed by atoms with van der Waals surface area (Å²) in [6, 6.07) is 1.18. The molecule has 2 N–H and O–H groups in total. The second-order valence-corrected chi connectivity index (χ2v) is 6.69. The van der Waals surface area contributed by atoms with Crippen LogP contribution in [0.5, 0.6) is 0 Å². The molecule has 4 nitrogen and oxygen atoms in total. The minimum Gasteiger partial charge on any atom is -0.480 e. The van der Waals surface area contributed by atoms with E-state index in [1.54, 1.807) is 7.05 Å². The van der Waals surface area contributed by atoms with Gasteiger partial charge in [-0.25, -0.2) is 0 Å². The first-order valence-electron chi connectivity index (χ1n) is 7.66. The van der Waals surface area contributed by atoms with Gasteiger partial charge in [-0.3, -0.25) is 9.69 Å². The third-order valence-corrected chi connectivity index (χ3v) is 4.83. The SMILES string of the molecule is CNC1(C(=O)O)CCC(N(CCC(C)C)C2CC2)C1. The number of rotatable bonds is 7. The van der Waals surface area contributed by atoms with E-state index in [1.807, 2.05) is 0 Å². The van der Waals surface area contributed by atoms with E-state index in [2.05, 4.69) is 24.1 Å². The number of aliphatic carboxylic acids is 1. The predicted molar refractivity (Wildman–Crippen MR) is 76.2 cm³/mol. The zero-order valence-corrected chi connectivity index (χ0v) is 12.5.